The van der Waals surface area contributed by atoms with E-state index in [1.165, 1.54) is 0 Å². The number of nitrogens with two attached hydrogens (primary N) is 1. The first-order valence-electron chi connectivity index (χ1n) is 6.29. The van der Waals surface area contributed by atoms with Gasteiger partial charge in [-0.1, -0.05) is 20.8 Å². The number of hydrogen-bond acceptors (Lipinski definition) is 2. The Hall–Kier alpha value is -1.30. The number of nitrogens with zero attached hydrogens (tertiary/aromatic N) is 1. The number of anilines is 1. The fraction of sp³-hybridized carbons (Fsp3) is 0.500. The van der Waals surface area contributed by atoms with Crippen molar-refractivity contribution in [2.75, 3.05) is 18.1 Å². The Morgan fingerprint density at radius 3 is 2.60 bits per heavy atom. The first-order valence-corrected chi connectivity index (χ1v) is 7.57. The second-order valence-electron chi connectivity index (χ2n) is 5.57. The van der Waals surface area contributed by atoms with Crippen LogP contribution in [0.2, 0.25) is 0 Å². The molecule has 0 spiro atoms. The molecule has 0 aliphatic carbocycles. The quantitative estimate of drug-likeness (QED) is 0.661. The molecule has 0 saturated carbocycles. The summed E-state index contributed by atoms with van der Waals surface area (Å²) in [6.07, 6.45) is 2.02. The van der Waals surface area contributed by atoms with Crippen LogP contribution >= 0.6 is 11.8 Å². The van der Waals surface area contributed by atoms with Crippen molar-refractivity contribution in [2.45, 2.75) is 26.0 Å². The SMILES string of the molecule is CSC(CN=C(N)Nc1cc(F)ccc1F)C(C)(C)C. The Balaban J connectivity index is 2.73. The lowest BCUT2D eigenvalue weighted by molar-refractivity contribution is 0.399. The molecule has 3 nitrogen and oxygen atoms in total. The molecule has 1 aromatic rings. The van der Waals surface area contributed by atoms with E-state index in [2.05, 4.69) is 31.1 Å². The number of halogens is 2. The van der Waals surface area contributed by atoms with Crippen molar-refractivity contribution in [2.24, 2.45) is 16.1 Å². The Kier molecular flexibility index (Phi) is 5.80. The fourth-order valence-corrected chi connectivity index (χ4v) is 2.58. The smallest absolute Gasteiger partial charge is 0.193 e. The summed E-state index contributed by atoms with van der Waals surface area (Å²) < 4.78 is 26.5. The highest BCUT2D eigenvalue weighted by atomic mass is 32.2. The van der Waals surface area contributed by atoms with Gasteiger partial charge in [-0.25, -0.2) is 8.78 Å². The van der Waals surface area contributed by atoms with Gasteiger partial charge in [0.05, 0.1) is 12.2 Å². The fourth-order valence-electron chi connectivity index (χ4n) is 1.65. The van der Waals surface area contributed by atoms with E-state index < -0.39 is 11.6 Å². The summed E-state index contributed by atoms with van der Waals surface area (Å²) in [4.78, 5) is 4.20. The average Bonchev–Trinajstić information content (AvgIpc) is 2.33. The first kappa shape index (κ1) is 16.8. The molecule has 0 aromatic heterocycles. The minimum absolute atomic E-state index is 0.0114. The van der Waals surface area contributed by atoms with E-state index in [0.717, 1.165) is 18.2 Å². The number of thioether (sulfide) groups is 1. The lowest BCUT2D eigenvalue weighted by Gasteiger charge is -2.27. The summed E-state index contributed by atoms with van der Waals surface area (Å²) in [5.74, 6) is -1.02. The molecule has 0 heterocycles. The van der Waals surface area contributed by atoms with Crippen LogP contribution in [0.4, 0.5) is 14.5 Å². The van der Waals surface area contributed by atoms with Crippen molar-refractivity contribution >= 4 is 23.4 Å². The van der Waals surface area contributed by atoms with E-state index in [0.29, 0.717) is 11.8 Å². The lowest BCUT2D eigenvalue weighted by Crippen LogP contribution is -2.29. The van der Waals surface area contributed by atoms with Crippen molar-refractivity contribution in [3.05, 3.63) is 29.8 Å². The lowest BCUT2D eigenvalue weighted by atomic mass is 9.92. The van der Waals surface area contributed by atoms with Crippen LogP contribution < -0.4 is 11.1 Å². The average molecular weight is 301 g/mol. The van der Waals surface area contributed by atoms with Gasteiger partial charge in [0.1, 0.15) is 11.6 Å². The van der Waals surface area contributed by atoms with Crippen molar-refractivity contribution in [1.82, 2.24) is 0 Å². The maximum Gasteiger partial charge on any atom is 0.193 e. The third kappa shape index (κ3) is 5.00. The molecule has 1 atom stereocenters. The molecule has 6 heteroatoms. The summed E-state index contributed by atoms with van der Waals surface area (Å²) in [5, 5.41) is 2.88. The Labute approximate surface area is 123 Å². The zero-order valence-corrected chi connectivity index (χ0v) is 13.0. The van der Waals surface area contributed by atoms with Gasteiger partial charge in [0, 0.05) is 11.3 Å². The number of nitrogens with one attached hydrogen (secondary N) is 1. The largest absolute Gasteiger partial charge is 0.370 e. The van der Waals surface area contributed by atoms with E-state index in [4.69, 9.17) is 5.73 Å². The summed E-state index contributed by atoms with van der Waals surface area (Å²) >= 11 is 1.71. The highest BCUT2D eigenvalue weighted by molar-refractivity contribution is 7.99. The van der Waals surface area contributed by atoms with E-state index in [1.807, 2.05) is 6.26 Å². The van der Waals surface area contributed by atoms with E-state index in [1.54, 1.807) is 11.8 Å². The van der Waals surface area contributed by atoms with Gasteiger partial charge in [-0.3, -0.25) is 4.99 Å². The Morgan fingerprint density at radius 2 is 2.05 bits per heavy atom. The van der Waals surface area contributed by atoms with Gasteiger partial charge in [-0.15, -0.1) is 0 Å². The van der Waals surface area contributed by atoms with Crippen LogP contribution in [0.1, 0.15) is 20.8 Å². The normalized spacial score (nSPS) is 14.2. The van der Waals surface area contributed by atoms with Gasteiger partial charge < -0.3 is 11.1 Å². The molecule has 0 aliphatic rings. The van der Waals surface area contributed by atoms with Gasteiger partial charge in [0.15, 0.2) is 5.96 Å². The molecule has 0 amide bonds. The molecule has 0 bridgehead atoms. The number of benzene rings is 1. The molecule has 3 N–H and O–H groups in total. The molecule has 20 heavy (non-hydrogen) atoms. The molecule has 0 fully saturated rings. The monoisotopic (exact) mass is 301 g/mol. The van der Waals surface area contributed by atoms with Crippen molar-refractivity contribution in [3.8, 4) is 0 Å². The van der Waals surface area contributed by atoms with Crippen molar-refractivity contribution < 1.29 is 8.78 Å². The van der Waals surface area contributed by atoms with Crippen LogP contribution in [0.5, 0.6) is 0 Å². The van der Waals surface area contributed by atoms with Gasteiger partial charge in [-0.05, 0) is 23.8 Å². The molecule has 0 aliphatic heterocycles. The number of rotatable bonds is 4. The molecular weight excluding hydrogens is 280 g/mol. The molecule has 0 saturated heterocycles. The van der Waals surface area contributed by atoms with Crippen LogP contribution in [0, 0.1) is 17.0 Å². The van der Waals surface area contributed by atoms with Gasteiger partial charge in [0.25, 0.3) is 0 Å². The second kappa shape index (κ2) is 6.92. The van der Waals surface area contributed by atoms with E-state index in [-0.39, 0.29) is 17.1 Å². The topological polar surface area (TPSA) is 50.4 Å². The highest BCUT2D eigenvalue weighted by Gasteiger charge is 2.23. The Morgan fingerprint density at radius 1 is 1.40 bits per heavy atom. The van der Waals surface area contributed by atoms with Crippen LogP contribution in [-0.4, -0.2) is 24.0 Å². The maximum atomic E-state index is 13.4. The molecule has 112 valence electrons. The minimum atomic E-state index is -0.568. The number of hydrogen-bond donors (Lipinski definition) is 2. The van der Waals surface area contributed by atoms with Gasteiger partial charge in [0.2, 0.25) is 0 Å². The molecule has 0 radical (unpaired) electrons. The number of aliphatic imine (C=N–C) groups is 1. The second-order valence-corrected chi connectivity index (χ2v) is 6.61. The predicted molar refractivity (Wildman–Crippen MR) is 83.2 cm³/mol. The van der Waals surface area contributed by atoms with Crippen LogP contribution in [-0.2, 0) is 0 Å². The summed E-state index contributed by atoms with van der Waals surface area (Å²) in [7, 11) is 0. The summed E-state index contributed by atoms with van der Waals surface area (Å²) in [5.41, 5.74) is 5.79. The zero-order valence-electron chi connectivity index (χ0n) is 12.2. The van der Waals surface area contributed by atoms with Gasteiger partial charge >= 0.3 is 0 Å². The zero-order chi connectivity index (χ0) is 15.3. The molecule has 1 rings (SSSR count). The standard InChI is InChI=1S/C14H21F2N3S/c1-14(2,3)12(20-4)8-18-13(17)19-11-7-9(15)5-6-10(11)16/h5-7,12H,8H2,1-4H3,(H3,17,18,19). The van der Waals surface area contributed by atoms with Gasteiger partial charge in [-0.2, -0.15) is 11.8 Å². The number of guanidine groups is 1. The van der Waals surface area contributed by atoms with E-state index >= 15 is 0 Å². The van der Waals surface area contributed by atoms with E-state index in [9.17, 15) is 8.78 Å². The van der Waals surface area contributed by atoms with Crippen LogP contribution in [0.3, 0.4) is 0 Å². The first-order chi connectivity index (χ1) is 9.24. The van der Waals surface area contributed by atoms with Crippen molar-refractivity contribution in [1.29, 1.82) is 0 Å². The summed E-state index contributed by atoms with van der Waals surface area (Å²) in [6.45, 7) is 6.89. The predicted octanol–water partition coefficient (Wildman–Crippen LogP) is 3.47. The molecule has 1 aromatic carbocycles. The van der Waals surface area contributed by atoms with Crippen LogP contribution in [0.25, 0.3) is 0 Å². The third-order valence-corrected chi connectivity index (χ3v) is 4.29. The van der Waals surface area contributed by atoms with Crippen molar-refractivity contribution in [3.63, 3.8) is 0 Å². The Bertz CT molecular complexity index is 484. The summed E-state index contributed by atoms with van der Waals surface area (Å²) in [6, 6.07) is 3.15. The molecule has 1 unspecified atom stereocenters. The highest BCUT2D eigenvalue weighted by Crippen LogP contribution is 2.28. The van der Waals surface area contributed by atoms with Crippen LogP contribution in [0.15, 0.2) is 23.2 Å². The maximum absolute atomic E-state index is 13.4. The molecular formula is C14H21F2N3S. The third-order valence-electron chi connectivity index (χ3n) is 2.87. The minimum Gasteiger partial charge on any atom is -0.370 e.